The maximum Gasteiger partial charge on any atom is 0.253 e. The van der Waals surface area contributed by atoms with E-state index < -0.39 is 10.0 Å². The highest BCUT2D eigenvalue weighted by Gasteiger charge is 2.37. The number of carbonyl (C=O) groups is 1. The summed E-state index contributed by atoms with van der Waals surface area (Å²) in [4.78, 5) is 14.4. The van der Waals surface area contributed by atoms with Gasteiger partial charge in [0.05, 0.1) is 6.26 Å². The third kappa shape index (κ3) is 3.81. The van der Waals surface area contributed by atoms with Gasteiger partial charge in [-0.3, -0.25) is 4.79 Å². The lowest BCUT2D eigenvalue weighted by Gasteiger charge is -2.42. The van der Waals surface area contributed by atoms with E-state index in [2.05, 4.69) is 0 Å². The number of hydrogen-bond donors (Lipinski definition) is 0. The molecule has 2 fully saturated rings. The molecule has 24 heavy (non-hydrogen) atoms. The van der Waals surface area contributed by atoms with Crippen molar-refractivity contribution in [2.75, 3.05) is 25.9 Å². The summed E-state index contributed by atoms with van der Waals surface area (Å²) < 4.78 is 25.8. The molecule has 2 heterocycles. The Balaban J connectivity index is 1.63. The molecule has 1 atom stereocenters. The lowest BCUT2D eigenvalue weighted by atomic mass is 9.85. The van der Waals surface area contributed by atoms with Crippen LogP contribution in [0.1, 0.15) is 42.5 Å². The van der Waals surface area contributed by atoms with Crippen LogP contribution in [0.4, 0.5) is 0 Å². The summed E-state index contributed by atoms with van der Waals surface area (Å²) in [6.45, 7) is 2.08. The van der Waals surface area contributed by atoms with Crippen molar-refractivity contribution in [1.29, 1.82) is 0 Å². The zero-order valence-electron chi connectivity index (χ0n) is 14.2. The van der Waals surface area contributed by atoms with Crippen molar-refractivity contribution in [3.05, 3.63) is 35.9 Å². The van der Waals surface area contributed by atoms with Crippen molar-refractivity contribution in [2.45, 2.75) is 38.1 Å². The summed E-state index contributed by atoms with van der Waals surface area (Å²) in [5, 5.41) is 0. The second-order valence-corrected chi connectivity index (χ2v) is 8.87. The molecule has 0 aliphatic carbocycles. The monoisotopic (exact) mass is 350 g/mol. The molecule has 5 nitrogen and oxygen atoms in total. The highest BCUT2D eigenvalue weighted by Crippen LogP contribution is 2.32. The lowest BCUT2D eigenvalue weighted by molar-refractivity contribution is 0.0620. The van der Waals surface area contributed by atoms with Crippen LogP contribution in [0.2, 0.25) is 0 Å². The molecule has 0 N–H and O–H groups in total. The highest BCUT2D eigenvalue weighted by atomic mass is 32.2. The number of carbonyl (C=O) groups excluding carboxylic acids is 1. The molecule has 1 amide bonds. The van der Waals surface area contributed by atoms with Crippen molar-refractivity contribution in [3.8, 4) is 0 Å². The van der Waals surface area contributed by atoms with E-state index in [1.165, 1.54) is 6.26 Å². The Morgan fingerprint density at radius 1 is 1.00 bits per heavy atom. The van der Waals surface area contributed by atoms with Gasteiger partial charge >= 0.3 is 0 Å². The van der Waals surface area contributed by atoms with Crippen LogP contribution in [0.3, 0.4) is 0 Å². The third-order valence-electron chi connectivity index (χ3n) is 5.32. The van der Waals surface area contributed by atoms with Gasteiger partial charge in [0.1, 0.15) is 0 Å². The topological polar surface area (TPSA) is 57.7 Å². The Morgan fingerprint density at radius 2 is 1.67 bits per heavy atom. The van der Waals surface area contributed by atoms with Gasteiger partial charge in [0.25, 0.3) is 5.91 Å². The van der Waals surface area contributed by atoms with Gasteiger partial charge < -0.3 is 4.90 Å². The number of sulfonamides is 1. The molecule has 2 aliphatic heterocycles. The first kappa shape index (κ1) is 17.4. The predicted octanol–water partition coefficient (Wildman–Crippen LogP) is 2.35. The molecule has 0 aromatic heterocycles. The van der Waals surface area contributed by atoms with Crippen LogP contribution < -0.4 is 0 Å². The summed E-state index contributed by atoms with van der Waals surface area (Å²) in [5.74, 6) is 0.442. The summed E-state index contributed by atoms with van der Waals surface area (Å²) in [6.07, 6.45) is 6.09. The van der Waals surface area contributed by atoms with Gasteiger partial charge in [-0.1, -0.05) is 24.6 Å². The minimum Gasteiger partial charge on any atom is -0.339 e. The fourth-order valence-corrected chi connectivity index (χ4v) is 5.29. The van der Waals surface area contributed by atoms with Crippen molar-refractivity contribution >= 4 is 15.9 Å². The molecule has 1 aromatic carbocycles. The lowest BCUT2D eigenvalue weighted by Crippen LogP contribution is -2.50. The molecule has 0 spiro atoms. The van der Waals surface area contributed by atoms with Crippen LogP contribution in [0.15, 0.2) is 30.3 Å². The second kappa shape index (κ2) is 7.23. The Morgan fingerprint density at radius 3 is 2.29 bits per heavy atom. The molecule has 0 radical (unpaired) electrons. The van der Waals surface area contributed by atoms with Crippen LogP contribution in [-0.2, 0) is 10.0 Å². The van der Waals surface area contributed by atoms with Crippen molar-refractivity contribution in [1.82, 2.24) is 9.21 Å². The number of amides is 1. The number of nitrogens with zero attached hydrogens (tertiary/aromatic N) is 2. The van der Waals surface area contributed by atoms with Crippen molar-refractivity contribution < 1.29 is 13.2 Å². The van der Waals surface area contributed by atoms with Gasteiger partial charge in [0.2, 0.25) is 10.0 Å². The Hall–Kier alpha value is -1.40. The minimum atomic E-state index is -3.14. The maximum absolute atomic E-state index is 12.5. The molecule has 2 saturated heterocycles. The molecule has 132 valence electrons. The first-order valence-corrected chi connectivity index (χ1v) is 10.6. The summed E-state index contributed by atoms with van der Waals surface area (Å²) in [5.41, 5.74) is 0.728. The van der Waals surface area contributed by atoms with Crippen LogP contribution in [0, 0.1) is 5.92 Å². The van der Waals surface area contributed by atoms with Gasteiger partial charge in [0, 0.05) is 31.2 Å². The van der Waals surface area contributed by atoms with E-state index >= 15 is 0 Å². The van der Waals surface area contributed by atoms with Gasteiger partial charge in [-0.2, -0.15) is 4.31 Å². The quantitative estimate of drug-likeness (QED) is 0.841. The van der Waals surface area contributed by atoms with Crippen LogP contribution >= 0.6 is 0 Å². The number of rotatable bonds is 3. The highest BCUT2D eigenvalue weighted by molar-refractivity contribution is 7.88. The molecule has 0 saturated carbocycles. The largest absolute Gasteiger partial charge is 0.339 e. The molecule has 3 rings (SSSR count). The Bertz CT molecular complexity index is 667. The minimum absolute atomic E-state index is 0.0812. The number of hydrogen-bond acceptors (Lipinski definition) is 3. The van der Waals surface area contributed by atoms with Gasteiger partial charge in [-0.15, -0.1) is 0 Å². The third-order valence-corrected chi connectivity index (χ3v) is 6.62. The Kier molecular flexibility index (Phi) is 5.25. The summed E-state index contributed by atoms with van der Waals surface area (Å²) >= 11 is 0. The molecular weight excluding hydrogens is 324 g/mol. The van der Waals surface area contributed by atoms with Gasteiger partial charge in [-0.25, -0.2) is 8.42 Å². The van der Waals surface area contributed by atoms with Crippen molar-refractivity contribution in [2.24, 2.45) is 5.92 Å². The van der Waals surface area contributed by atoms with E-state index in [1.807, 2.05) is 35.2 Å². The predicted molar refractivity (Wildman–Crippen MR) is 94.3 cm³/mol. The molecule has 2 aliphatic rings. The molecule has 0 unspecified atom stereocenters. The summed E-state index contributed by atoms with van der Waals surface area (Å²) in [7, 11) is -3.14. The molecule has 0 bridgehead atoms. The van der Waals surface area contributed by atoms with Gasteiger partial charge in [-0.05, 0) is 43.7 Å². The van der Waals surface area contributed by atoms with E-state index in [1.54, 1.807) is 4.31 Å². The Labute approximate surface area is 144 Å². The van der Waals surface area contributed by atoms with Crippen molar-refractivity contribution in [3.63, 3.8) is 0 Å². The normalized spacial score (nSPS) is 24.0. The maximum atomic E-state index is 12.5. The first-order valence-electron chi connectivity index (χ1n) is 8.78. The van der Waals surface area contributed by atoms with Crippen LogP contribution in [0.25, 0.3) is 0 Å². The molecular formula is C18H26N2O3S. The van der Waals surface area contributed by atoms with E-state index in [0.717, 1.165) is 37.7 Å². The number of likely N-dealkylation sites (tertiary alicyclic amines) is 1. The van der Waals surface area contributed by atoms with E-state index in [9.17, 15) is 13.2 Å². The fraction of sp³-hybridized carbons (Fsp3) is 0.611. The first-order chi connectivity index (χ1) is 11.5. The summed E-state index contributed by atoms with van der Waals surface area (Å²) in [6, 6.07) is 9.48. The SMILES string of the molecule is CS(=O)(=O)N1CCCC[C@H]1C1CCN(C(=O)c2ccccc2)CC1. The second-order valence-electron chi connectivity index (χ2n) is 6.93. The zero-order chi connectivity index (χ0) is 17.2. The number of benzene rings is 1. The fourth-order valence-electron chi connectivity index (χ4n) is 4.06. The number of piperidine rings is 2. The van der Waals surface area contributed by atoms with Gasteiger partial charge in [0.15, 0.2) is 0 Å². The average molecular weight is 350 g/mol. The zero-order valence-corrected chi connectivity index (χ0v) is 15.0. The van der Waals surface area contributed by atoms with Crippen LogP contribution in [-0.4, -0.2) is 55.5 Å². The van der Waals surface area contributed by atoms with Crippen LogP contribution in [0.5, 0.6) is 0 Å². The molecule has 1 aromatic rings. The average Bonchev–Trinajstić information content (AvgIpc) is 2.61. The standard InChI is InChI=1S/C18H26N2O3S/c1-24(22,23)20-12-6-5-9-17(20)15-10-13-19(14-11-15)18(21)16-7-3-2-4-8-16/h2-4,7-8,15,17H,5-6,9-14H2,1H3/t17-/m0/s1. The van der Waals surface area contributed by atoms with E-state index in [4.69, 9.17) is 0 Å². The smallest absolute Gasteiger partial charge is 0.253 e. The van der Waals surface area contributed by atoms with E-state index in [0.29, 0.717) is 25.6 Å². The molecule has 6 heteroatoms. The van der Waals surface area contributed by atoms with E-state index in [-0.39, 0.29) is 11.9 Å².